The van der Waals surface area contributed by atoms with E-state index in [1.54, 1.807) is 0 Å². The van der Waals surface area contributed by atoms with Crippen LogP contribution in [0.15, 0.2) is 30.3 Å². The predicted molar refractivity (Wildman–Crippen MR) is 112 cm³/mol. The highest BCUT2D eigenvalue weighted by molar-refractivity contribution is 7.19. The van der Waals surface area contributed by atoms with Crippen LogP contribution in [0.5, 0.6) is 0 Å². The van der Waals surface area contributed by atoms with Gasteiger partial charge in [-0.15, -0.1) is 11.3 Å². The van der Waals surface area contributed by atoms with Gasteiger partial charge in [-0.25, -0.2) is 0 Å². The number of aryl methyl sites for hydroxylation is 2. The molecule has 0 radical (unpaired) electrons. The van der Waals surface area contributed by atoms with Crippen molar-refractivity contribution in [3.05, 3.63) is 52.2 Å². The van der Waals surface area contributed by atoms with Gasteiger partial charge in [0.2, 0.25) is 5.91 Å². The molecule has 1 aliphatic carbocycles. The molecule has 2 aromatic heterocycles. The molecule has 28 heavy (non-hydrogen) atoms. The van der Waals surface area contributed by atoms with Crippen molar-refractivity contribution in [3.63, 3.8) is 0 Å². The maximum atomic E-state index is 11.9. The molecule has 1 aliphatic heterocycles. The maximum Gasteiger partial charge on any atom is 0.220 e. The van der Waals surface area contributed by atoms with Crippen molar-refractivity contribution in [1.82, 2.24) is 20.0 Å². The molecule has 5 nitrogen and oxygen atoms in total. The zero-order valence-electron chi connectivity index (χ0n) is 16.3. The number of aromatic nitrogens is 2. The van der Waals surface area contributed by atoms with Crippen molar-refractivity contribution in [3.8, 4) is 0 Å². The van der Waals surface area contributed by atoms with E-state index in [9.17, 15) is 4.79 Å². The minimum atomic E-state index is 0.162. The molecule has 146 valence electrons. The van der Waals surface area contributed by atoms with Crippen molar-refractivity contribution in [2.45, 2.75) is 58.3 Å². The fourth-order valence-corrected chi connectivity index (χ4v) is 5.12. The summed E-state index contributed by atoms with van der Waals surface area (Å²) in [7, 11) is 0. The molecule has 1 amide bonds. The van der Waals surface area contributed by atoms with E-state index in [0.29, 0.717) is 12.5 Å². The van der Waals surface area contributed by atoms with Gasteiger partial charge in [0.15, 0.2) is 0 Å². The van der Waals surface area contributed by atoms with Gasteiger partial charge in [-0.2, -0.15) is 5.10 Å². The third-order valence-corrected chi connectivity index (χ3v) is 6.89. The molecule has 6 heteroatoms. The van der Waals surface area contributed by atoms with E-state index in [2.05, 4.69) is 52.2 Å². The quantitative estimate of drug-likeness (QED) is 0.695. The SMILES string of the molecule is Cc1sc2ccccc2c1CN1CCn2nc(CCC(=O)NC3CC3)cc2C1. The Hall–Kier alpha value is -2.18. The fraction of sp³-hybridized carbons (Fsp3) is 0.455. The third-order valence-electron chi connectivity index (χ3n) is 5.76. The molecular weight excluding hydrogens is 368 g/mol. The van der Waals surface area contributed by atoms with E-state index in [0.717, 1.165) is 51.1 Å². The lowest BCUT2D eigenvalue weighted by molar-refractivity contribution is -0.121. The van der Waals surface area contributed by atoms with Crippen LogP contribution < -0.4 is 5.32 Å². The van der Waals surface area contributed by atoms with E-state index in [4.69, 9.17) is 5.10 Å². The van der Waals surface area contributed by atoms with Gasteiger partial charge in [-0.05, 0) is 42.8 Å². The Labute approximate surface area is 169 Å². The van der Waals surface area contributed by atoms with Gasteiger partial charge in [0, 0.05) is 48.1 Å². The van der Waals surface area contributed by atoms with Crippen LogP contribution in [-0.2, 0) is 30.8 Å². The first-order valence-electron chi connectivity index (χ1n) is 10.2. The highest BCUT2D eigenvalue weighted by atomic mass is 32.1. The van der Waals surface area contributed by atoms with Crippen LogP contribution in [0.3, 0.4) is 0 Å². The lowest BCUT2D eigenvalue weighted by Crippen LogP contribution is -2.33. The lowest BCUT2D eigenvalue weighted by atomic mass is 10.1. The van der Waals surface area contributed by atoms with Crippen molar-refractivity contribution in [2.24, 2.45) is 0 Å². The van der Waals surface area contributed by atoms with Crippen LogP contribution in [0.1, 0.15) is 41.1 Å². The molecular formula is C22H26N4OS. The van der Waals surface area contributed by atoms with Crippen LogP contribution >= 0.6 is 11.3 Å². The Kier molecular flexibility index (Phi) is 4.69. The Bertz CT molecular complexity index is 1020. The Morgan fingerprint density at radius 1 is 1.29 bits per heavy atom. The van der Waals surface area contributed by atoms with Crippen LogP contribution in [-0.4, -0.2) is 33.2 Å². The number of fused-ring (bicyclic) bond motifs is 2. The summed E-state index contributed by atoms with van der Waals surface area (Å²) in [5, 5.41) is 9.18. The zero-order chi connectivity index (χ0) is 19.1. The predicted octanol–water partition coefficient (Wildman–Crippen LogP) is 3.63. The van der Waals surface area contributed by atoms with Gasteiger partial charge in [-0.1, -0.05) is 18.2 Å². The summed E-state index contributed by atoms with van der Waals surface area (Å²) in [5.41, 5.74) is 3.77. The Morgan fingerprint density at radius 2 is 2.14 bits per heavy atom. The van der Waals surface area contributed by atoms with Crippen molar-refractivity contribution < 1.29 is 4.79 Å². The van der Waals surface area contributed by atoms with E-state index in [-0.39, 0.29) is 5.91 Å². The van der Waals surface area contributed by atoms with Crippen LogP contribution in [0.25, 0.3) is 10.1 Å². The summed E-state index contributed by atoms with van der Waals surface area (Å²) in [6.45, 7) is 6.08. The average Bonchev–Trinajstić information content (AvgIpc) is 3.31. The molecule has 1 fully saturated rings. The van der Waals surface area contributed by atoms with Crippen molar-refractivity contribution >= 4 is 27.3 Å². The largest absolute Gasteiger partial charge is 0.353 e. The highest BCUT2D eigenvalue weighted by Gasteiger charge is 2.24. The van der Waals surface area contributed by atoms with Gasteiger partial charge in [0.05, 0.1) is 17.9 Å². The second-order valence-corrected chi connectivity index (χ2v) is 9.29. The Morgan fingerprint density at radius 3 is 3.00 bits per heavy atom. The van der Waals surface area contributed by atoms with E-state index in [1.165, 1.54) is 26.2 Å². The third kappa shape index (κ3) is 3.71. The topological polar surface area (TPSA) is 50.2 Å². The number of thiophene rings is 1. The number of amides is 1. The second-order valence-electron chi connectivity index (χ2n) is 8.04. The molecule has 1 aromatic carbocycles. The summed E-state index contributed by atoms with van der Waals surface area (Å²) in [5.74, 6) is 0.162. The highest BCUT2D eigenvalue weighted by Crippen LogP contribution is 2.32. The number of rotatable bonds is 6. The smallest absolute Gasteiger partial charge is 0.220 e. The van der Waals surface area contributed by atoms with Gasteiger partial charge in [0.1, 0.15) is 0 Å². The van der Waals surface area contributed by atoms with Gasteiger partial charge >= 0.3 is 0 Å². The molecule has 3 aromatic rings. The molecule has 3 heterocycles. The molecule has 5 rings (SSSR count). The molecule has 0 unspecified atom stereocenters. The number of hydrogen-bond acceptors (Lipinski definition) is 4. The van der Waals surface area contributed by atoms with Gasteiger partial charge in [0.25, 0.3) is 0 Å². The van der Waals surface area contributed by atoms with E-state index >= 15 is 0 Å². The standard InChI is InChI=1S/C22H26N4OS/c1-15-20(19-4-2-3-5-21(19)28-15)14-25-10-11-26-18(13-25)12-17(24-26)8-9-22(27)23-16-6-7-16/h2-5,12,16H,6-11,13-14H2,1H3,(H,23,27). The summed E-state index contributed by atoms with van der Waals surface area (Å²) >= 11 is 1.89. The number of carbonyl (C=O) groups excluding carboxylic acids is 1. The summed E-state index contributed by atoms with van der Waals surface area (Å²) in [4.78, 5) is 15.9. The van der Waals surface area contributed by atoms with Crippen molar-refractivity contribution in [2.75, 3.05) is 6.54 Å². The van der Waals surface area contributed by atoms with Crippen LogP contribution in [0.4, 0.5) is 0 Å². The van der Waals surface area contributed by atoms with Crippen LogP contribution in [0.2, 0.25) is 0 Å². The number of nitrogens with zero attached hydrogens (tertiary/aromatic N) is 3. The summed E-state index contributed by atoms with van der Waals surface area (Å²) in [6.07, 6.45) is 3.54. The summed E-state index contributed by atoms with van der Waals surface area (Å²) in [6, 6.07) is 11.3. The molecule has 0 saturated heterocycles. The first-order valence-corrected chi connectivity index (χ1v) is 11.0. The van der Waals surface area contributed by atoms with Gasteiger partial charge in [-0.3, -0.25) is 14.4 Å². The van der Waals surface area contributed by atoms with Crippen molar-refractivity contribution in [1.29, 1.82) is 0 Å². The molecule has 0 spiro atoms. The number of nitrogens with one attached hydrogen (secondary N) is 1. The fourth-order valence-electron chi connectivity index (χ4n) is 4.05. The molecule has 1 saturated carbocycles. The molecule has 1 N–H and O–H groups in total. The zero-order valence-corrected chi connectivity index (χ0v) is 17.1. The second kappa shape index (κ2) is 7.33. The molecule has 2 aliphatic rings. The number of benzene rings is 1. The van der Waals surface area contributed by atoms with Gasteiger partial charge < -0.3 is 5.32 Å². The maximum absolute atomic E-state index is 11.9. The number of hydrogen-bond donors (Lipinski definition) is 1. The van der Waals surface area contributed by atoms with E-state index in [1.807, 2.05) is 11.3 Å². The lowest BCUT2D eigenvalue weighted by Gasteiger charge is -2.27. The first kappa shape index (κ1) is 17.9. The molecule has 0 bridgehead atoms. The Balaban J connectivity index is 1.24. The molecule has 0 atom stereocenters. The average molecular weight is 395 g/mol. The minimum Gasteiger partial charge on any atom is -0.353 e. The minimum absolute atomic E-state index is 0.162. The van der Waals surface area contributed by atoms with Crippen LogP contribution in [0, 0.1) is 6.92 Å². The normalized spacial score (nSPS) is 17.0. The van der Waals surface area contributed by atoms with E-state index < -0.39 is 0 Å². The first-order chi connectivity index (χ1) is 13.7. The monoisotopic (exact) mass is 394 g/mol. The summed E-state index contributed by atoms with van der Waals surface area (Å²) < 4.78 is 3.51. The number of carbonyl (C=O) groups is 1.